The number of rotatable bonds is 2. The molecule has 92 valence electrons. The third kappa shape index (κ3) is 2.64. The highest BCUT2D eigenvalue weighted by atomic mass is 16.6. The molecule has 0 saturated carbocycles. The van der Waals surface area contributed by atoms with E-state index in [2.05, 4.69) is 19.2 Å². The van der Waals surface area contributed by atoms with Gasteiger partial charge in [0.15, 0.2) is 0 Å². The molecule has 1 aromatic carbocycles. The van der Waals surface area contributed by atoms with Crippen LogP contribution in [0.3, 0.4) is 0 Å². The Morgan fingerprint density at radius 2 is 2.00 bits per heavy atom. The molecular formula is C13H18N2O2. The molecule has 1 N–H and O–H groups in total. The smallest absolute Gasteiger partial charge is 0.232 e. The predicted molar refractivity (Wildman–Crippen MR) is 66.4 cm³/mol. The van der Waals surface area contributed by atoms with E-state index in [0.29, 0.717) is 6.42 Å². The van der Waals surface area contributed by atoms with Gasteiger partial charge in [0.1, 0.15) is 6.04 Å². The second-order valence-corrected chi connectivity index (χ2v) is 5.31. The van der Waals surface area contributed by atoms with Gasteiger partial charge in [-0.25, -0.2) is 0 Å². The van der Waals surface area contributed by atoms with Gasteiger partial charge in [0, 0.05) is 16.9 Å². The number of nitro groups is 1. The molecule has 0 aromatic heterocycles. The first kappa shape index (κ1) is 12.0. The molecule has 4 heteroatoms. The SMILES string of the molecule is CC1(C)CC[C@@H]([N+](=O)[O-])[C@H](c2ccccc2)N1. The van der Waals surface area contributed by atoms with Crippen LogP contribution < -0.4 is 5.32 Å². The molecule has 1 aliphatic rings. The Balaban J connectivity index is 2.29. The van der Waals surface area contributed by atoms with Crippen LogP contribution in [0.15, 0.2) is 30.3 Å². The monoisotopic (exact) mass is 234 g/mol. The molecule has 1 fully saturated rings. The van der Waals surface area contributed by atoms with E-state index in [0.717, 1.165) is 12.0 Å². The number of benzene rings is 1. The first-order chi connectivity index (χ1) is 7.99. The van der Waals surface area contributed by atoms with E-state index in [9.17, 15) is 10.1 Å². The standard InChI is InChI=1S/C13H18N2O2/c1-13(2)9-8-11(15(16)17)12(14-13)10-6-4-3-5-7-10/h3-7,11-12,14H,8-9H2,1-2H3/t11-,12+/m1/s1. The summed E-state index contributed by atoms with van der Waals surface area (Å²) in [6.45, 7) is 4.19. The van der Waals surface area contributed by atoms with Crippen molar-refractivity contribution in [2.24, 2.45) is 0 Å². The van der Waals surface area contributed by atoms with Gasteiger partial charge < -0.3 is 0 Å². The first-order valence-corrected chi connectivity index (χ1v) is 5.96. The van der Waals surface area contributed by atoms with Crippen LogP contribution in [-0.2, 0) is 0 Å². The molecule has 2 atom stereocenters. The minimum Gasteiger partial charge on any atom is -0.299 e. The van der Waals surface area contributed by atoms with Crippen LogP contribution in [0.25, 0.3) is 0 Å². The van der Waals surface area contributed by atoms with E-state index >= 15 is 0 Å². The highest BCUT2D eigenvalue weighted by Gasteiger charge is 2.41. The van der Waals surface area contributed by atoms with Crippen LogP contribution >= 0.6 is 0 Å². The summed E-state index contributed by atoms with van der Waals surface area (Å²) >= 11 is 0. The average Bonchev–Trinajstić information content (AvgIpc) is 2.28. The van der Waals surface area contributed by atoms with Crippen molar-refractivity contribution >= 4 is 0 Å². The predicted octanol–water partition coefficient (Wildman–Crippen LogP) is 2.54. The Kier molecular flexibility index (Phi) is 3.15. The zero-order valence-electron chi connectivity index (χ0n) is 10.2. The summed E-state index contributed by atoms with van der Waals surface area (Å²) in [4.78, 5) is 11.0. The number of nitrogens with zero attached hydrogens (tertiary/aromatic N) is 1. The number of hydrogen-bond acceptors (Lipinski definition) is 3. The van der Waals surface area contributed by atoms with Gasteiger partial charge in [0.2, 0.25) is 6.04 Å². The molecule has 0 bridgehead atoms. The Bertz CT molecular complexity index is 403. The van der Waals surface area contributed by atoms with Crippen molar-refractivity contribution < 1.29 is 4.92 Å². The summed E-state index contributed by atoms with van der Waals surface area (Å²) in [5.74, 6) is 0. The summed E-state index contributed by atoms with van der Waals surface area (Å²) in [6, 6.07) is 8.98. The van der Waals surface area contributed by atoms with Crippen LogP contribution in [0.1, 0.15) is 38.3 Å². The molecule has 0 spiro atoms. The number of nitrogens with one attached hydrogen (secondary N) is 1. The molecule has 2 rings (SSSR count). The highest BCUT2D eigenvalue weighted by molar-refractivity contribution is 5.21. The first-order valence-electron chi connectivity index (χ1n) is 5.96. The van der Waals surface area contributed by atoms with E-state index in [1.54, 1.807) is 0 Å². The summed E-state index contributed by atoms with van der Waals surface area (Å²) in [5, 5.41) is 14.5. The topological polar surface area (TPSA) is 55.2 Å². The third-order valence-electron chi connectivity index (χ3n) is 3.43. The number of hydrogen-bond donors (Lipinski definition) is 1. The summed E-state index contributed by atoms with van der Waals surface area (Å²) in [5.41, 5.74) is 0.967. The quantitative estimate of drug-likeness (QED) is 0.632. The van der Waals surface area contributed by atoms with E-state index in [4.69, 9.17) is 0 Å². The maximum Gasteiger partial charge on any atom is 0.232 e. The van der Waals surface area contributed by atoms with Crippen LogP contribution in [0.5, 0.6) is 0 Å². The second-order valence-electron chi connectivity index (χ2n) is 5.31. The van der Waals surface area contributed by atoms with E-state index in [1.807, 2.05) is 30.3 Å². The van der Waals surface area contributed by atoms with Crippen molar-refractivity contribution in [3.63, 3.8) is 0 Å². The van der Waals surface area contributed by atoms with Gasteiger partial charge in [0.25, 0.3) is 0 Å². The fraction of sp³-hybridized carbons (Fsp3) is 0.538. The van der Waals surface area contributed by atoms with E-state index in [-0.39, 0.29) is 16.5 Å². The Morgan fingerprint density at radius 3 is 2.59 bits per heavy atom. The van der Waals surface area contributed by atoms with Crippen LogP contribution in [-0.4, -0.2) is 16.5 Å². The molecule has 17 heavy (non-hydrogen) atoms. The third-order valence-corrected chi connectivity index (χ3v) is 3.43. The summed E-state index contributed by atoms with van der Waals surface area (Å²) in [6.07, 6.45) is 1.47. The van der Waals surface area contributed by atoms with Gasteiger partial charge in [-0.2, -0.15) is 0 Å². The van der Waals surface area contributed by atoms with E-state index in [1.165, 1.54) is 0 Å². The molecule has 4 nitrogen and oxygen atoms in total. The van der Waals surface area contributed by atoms with Gasteiger partial charge in [-0.3, -0.25) is 15.4 Å². The minimum atomic E-state index is -0.523. The lowest BCUT2D eigenvalue weighted by Crippen LogP contribution is -2.52. The molecular weight excluding hydrogens is 216 g/mol. The van der Waals surface area contributed by atoms with Gasteiger partial charge in [-0.05, 0) is 25.8 Å². The van der Waals surface area contributed by atoms with Crippen molar-refractivity contribution in [1.29, 1.82) is 0 Å². The van der Waals surface area contributed by atoms with Crippen molar-refractivity contribution in [2.45, 2.75) is 44.3 Å². The molecule has 1 aromatic rings. The Morgan fingerprint density at radius 1 is 1.35 bits per heavy atom. The Labute approximate surface area is 101 Å². The molecule has 0 aliphatic carbocycles. The normalized spacial score (nSPS) is 27.6. The molecule has 0 radical (unpaired) electrons. The van der Waals surface area contributed by atoms with Crippen molar-refractivity contribution in [3.8, 4) is 0 Å². The maximum absolute atomic E-state index is 11.1. The lowest BCUT2D eigenvalue weighted by Gasteiger charge is -2.38. The zero-order chi connectivity index (χ0) is 12.5. The van der Waals surface area contributed by atoms with Crippen molar-refractivity contribution in [2.75, 3.05) is 0 Å². The highest BCUT2D eigenvalue weighted by Crippen LogP contribution is 2.32. The van der Waals surface area contributed by atoms with E-state index < -0.39 is 6.04 Å². The average molecular weight is 234 g/mol. The van der Waals surface area contributed by atoms with Gasteiger partial charge in [-0.15, -0.1) is 0 Å². The lowest BCUT2D eigenvalue weighted by atomic mass is 9.83. The molecule has 1 saturated heterocycles. The molecule has 0 unspecified atom stereocenters. The maximum atomic E-state index is 11.1. The van der Waals surface area contributed by atoms with Crippen LogP contribution in [0, 0.1) is 10.1 Å². The zero-order valence-corrected chi connectivity index (χ0v) is 10.2. The molecule has 0 amide bonds. The molecule has 1 heterocycles. The van der Waals surface area contributed by atoms with Gasteiger partial charge in [-0.1, -0.05) is 30.3 Å². The van der Waals surface area contributed by atoms with Gasteiger partial charge >= 0.3 is 0 Å². The van der Waals surface area contributed by atoms with Crippen LogP contribution in [0.2, 0.25) is 0 Å². The summed E-state index contributed by atoms with van der Waals surface area (Å²) < 4.78 is 0. The second kappa shape index (κ2) is 4.45. The fourth-order valence-corrected chi connectivity index (χ4v) is 2.46. The fourth-order valence-electron chi connectivity index (χ4n) is 2.46. The lowest BCUT2D eigenvalue weighted by molar-refractivity contribution is -0.532. The van der Waals surface area contributed by atoms with Gasteiger partial charge in [0.05, 0.1) is 0 Å². The summed E-state index contributed by atoms with van der Waals surface area (Å²) in [7, 11) is 0. The van der Waals surface area contributed by atoms with Crippen molar-refractivity contribution in [1.82, 2.24) is 5.32 Å². The Hall–Kier alpha value is -1.42. The molecule has 1 aliphatic heterocycles. The largest absolute Gasteiger partial charge is 0.299 e. The number of piperidine rings is 1. The van der Waals surface area contributed by atoms with Crippen LogP contribution in [0.4, 0.5) is 0 Å². The van der Waals surface area contributed by atoms with Crippen molar-refractivity contribution in [3.05, 3.63) is 46.0 Å². The minimum absolute atomic E-state index is 0.0347.